The number of ether oxygens (including phenoxy) is 1. The normalized spacial score (nSPS) is 16.1. The molecule has 0 amide bonds. The first-order valence-electron chi connectivity index (χ1n) is 4.84. The summed E-state index contributed by atoms with van der Waals surface area (Å²) in [6.07, 6.45) is 0.363. The van der Waals surface area contributed by atoms with Crippen LogP contribution in [0, 0.1) is 0 Å². The van der Waals surface area contributed by atoms with Crippen molar-refractivity contribution >= 4 is 5.97 Å². The van der Waals surface area contributed by atoms with Crippen LogP contribution in [0.25, 0.3) is 0 Å². The molecule has 4 heteroatoms. The summed E-state index contributed by atoms with van der Waals surface area (Å²) < 4.78 is 5.31. The second-order valence-electron chi connectivity index (χ2n) is 3.70. The van der Waals surface area contributed by atoms with E-state index in [9.17, 15) is 4.79 Å². The zero-order valence-corrected chi connectivity index (χ0v) is 8.27. The third-order valence-corrected chi connectivity index (χ3v) is 2.63. The summed E-state index contributed by atoms with van der Waals surface area (Å²) in [7, 11) is 0. The minimum Gasteiger partial charge on any atom is -0.480 e. The van der Waals surface area contributed by atoms with E-state index in [4.69, 9.17) is 15.6 Å². The molecule has 0 aromatic heterocycles. The van der Waals surface area contributed by atoms with Gasteiger partial charge in [0.25, 0.3) is 0 Å². The number of carbonyl (C=O) groups is 1. The molecular weight excluding hydrogens is 194 g/mol. The maximum atomic E-state index is 10.6. The first-order valence-corrected chi connectivity index (χ1v) is 4.84. The maximum absolute atomic E-state index is 10.6. The first-order chi connectivity index (χ1) is 7.18. The van der Waals surface area contributed by atoms with Gasteiger partial charge in [0.1, 0.15) is 6.04 Å². The molecule has 0 aliphatic carbocycles. The molecule has 2 rings (SSSR count). The number of hydrogen-bond acceptors (Lipinski definition) is 3. The van der Waals surface area contributed by atoms with Gasteiger partial charge in [-0.05, 0) is 23.1 Å². The predicted molar refractivity (Wildman–Crippen MR) is 54.3 cm³/mol. The topological polar surface area (TPSA) is 72.5 Å². The molecule has 0 radical (unpaired) electrons. The lowest BCUT2D eigenvalue weighted by atomic mass is 9.98. The van der Waals surface area contributed by atoms with Crippen molar-refractivity contribution in [3.05, 3.63) is 34.9 Å². The average molecular weight is 207 g/mol. The van der Waals surface area contributed by atoms with Gasteiger partial charge in [-0.3, -0.25) is 4.79 Å². The lowest BCUT2D eigenvalue weighted by Gasteiger charge is -2.09. The smallest absolute Gasteiger partial charge is 0.320 e. The number of benzene rings is 1. The van der Waals surface area contributed by atoms with Gasteiger partial charge in [0.2, 0.25) is 0 Å². The van der Waals surface area contributed by atoms with E-state index in [1.807, 2.05) is 18.2 Å². The van der Waals surface area contributed by atoms with E-state index >= 15 is 0 Å². The van der Waals surface area contributed by atoms with Gasteiger partial charge in [0.05, 0.1) is 13.2 Å². The fourth-order valence-electron chi connectivity index (χ4n) is 1.79. The molecule has 1 atom stereocenters. The second kappa shape index (κ2) is 4.00. The van der Waals surface area contributed by atoms with E-state index in [1.54, 1.807) is 0 Å². The quantitative estimate of drug-likeness (QED) is 0.764. The van der Waals surface area contributed by atoms with Gasteiger partial charge < -0.3 is 15.6 Å². The summed E-state index contributed by atoms with van der Waals surface area (Å²) in [6, 6.07) is 4.99. The van der Waals surface area contributed by atoms with Crippen LogP contribution in [0.5, 0.6) is 0 Å². The Bertz CT molecular complexity index is 389. The van der Waals surface area contributed by atoms with Gasteiger partial charge in [-0.25, -0.2) is 0 Å². The molecule has 0 spiro atoms. The Balaban J connectivity index is 2.22. The molecule has 15 heavy (non-hydrogen) atoms. The predicted octanol–water partition coefficient (Wildman–Crippen LogP) is 0.671. The van der Waals surface area contributed by atoms with E-state index in [2.05, 4.69) is 0 Å². The molecule has 80 valence electrons. The summed E-state index contributed by atoms with van der Waals surface area (Å²) in [5.74, 6) is -0.966. The van der Waals surface area contributed by atoms with Gasteiger partial charge in [-0.2, -0.15) is 0 Å². The lowest BCUT2D eigenvalue weighted by Crippen LogP contribution is -2.32. The van der Waals surface area contributed by atoms with Gasteiger partial charge in [0.15, 0.2) is 0 Å². The number of aliphatic carboxylic acids is 1. The molecule has 1 aromatic carbocycles. The fourth-order valence-corrected chi connectivity index (χ4v) is 1.79. The molecule has 1 aromatic rings. The Kier molecular flexibility index (Phi) is 2.70. The van der Waals surface area contributed by atoms with Crippen molar-refractivity contribution in [2.75, 3.05) is 0 Å². The molecule has 0 fully saturated rings. The van der Waals surface area contributed by atoms with Crippen LogP contribution in [-0.4, -0.2) is 17.1 Å². The Morgan fingerprint density at radius 1 is 1.53 bits per heavy atom. The number of rotatable bonds is 3. The SMILES string of the molecule is NC(Cc1cccc2c1COC2)C(=O)O. The minimum absolute atomic E-state index is 0.363. The van der Waals surface area contributed by atoms with Crippen LogP contribution < -0.4 is 5.73 Å². The standard InChI is InChI=1S/C11H13NO3/c12-10(11(13)14)4-7-2-1-3-8-5-15-6-9(7)8/h1-3,10H,4-6,12H2,(H,13,14). The monoisotopic (exact) mass is 207 g/mol. The average Bonchev–Trinajstić information content (AvgIpc) is 2.66. The Labute approximate surface area is 87.7 Å². The lowest BCUT2D eigenvalue weighted by molar-refractivity contribution is -0.138. The molecule has 4 nitrogen and oxygen atoms in total. The highest BCUT2D eigenvalue weighted by molar-refractivity contribution is 5.73. The van der Waals surface area contributed by atoms with Crippen molar-refractivity contribution in [2.24, 2.45) is 5.73 Å². The number of fused-ring (bicyclic) bond motifs is 1. The highest BCUT2D eigenvalue weighted by Gasteiger charge is 2.18. The number of nitrogens with two attached hydrogens (primary N) is 1. The van der Waals surface area contributed by atoms with Crippen molar-refractivity contribution < 1.29 is 14.6 Å². The minimum atomic E-state index is -0.966. The molecular formula is C11H13NO3. The summed E-state index contributed by atoms with van der Waals surface area (Å²) in [4.78, 5) is 10.6. The molecule has 0 saturated carbocycles. The summed E-state index contributed by atoms with van der Waals surface area (Å²) in [6.45, 7) is 1.18. The van der Waals surface area contributed by atoms with Crippen LogP contribution in [0.1, 0.15) is 16.7 Å². The molecule has 0 bridgehead atoms. The molecule has 1 aliphatic heterocycles. The van der Waals surface area contributed by atoms with E-state index < -0.39 is 12.0 Å². The second-order valence-corrected chi connectivity index (χ2v) is 3.70. The highest BCUT2D eigenvalue weighted by Crippen LogP contribution is 2.24. The Hall–Kier alpha value is -1.39. The highest BCUT2D eigenvalue weighted by atomic mass is 16.5. The molecule has 0 saturated heterocycles. The number of carboxylic acid groups (broad SMARTS) is 1. The van der Waals surface area contributed by atoms with Crippen molar-refractivity contribution in [1.82, 2.24) is 0 Å². The largest absolute Gasteiger partial charge is 0.480 e. The molecule has 1 aliphatic rings. The summed E-state index contributed by atoms with van der Waals surface area (Å²) >= 11 is 0. The summed E-state index contributed by atoms with van der Waals surface area (Å²) in [5, 5.41) is 8.74. The van der Waals surface area contributed by atoms with Crippen LogP contribution in [0.4, 0.5) is 0 Å². The third kappa shape index (κ3) is 2.00. The summed E-state index contributed by atoms with van der Waals surface area (Å²) in [5.41, 5.74) is 8.74. The van der Waals surface area contributed by atoms with Crippen LogP contribution in [0.2, 0.25) is 0 Å². The molecule has 3 N–H and O–H groups in total. The van der Waals surface area contributed by atoms with Crippen LogP contribution >= 0.6 is 0 Å². The van der Waals surface area contributed by atoms with Gasteiger partial charge in [-0.1, -0.05) is 18.2 Å². The van der Waals surface area contributed by atoms with Crippen LogP contribution in [-0.2, 0) is 29.2 Å². The first kappa shape index (κ1) is 10.1. The van der Waals surface area contributed by atoms with Crippen molar-refractivity contribution in [2.45, 2.75) is 25.7 Å². The number of hydrogen-bond donors (Lipinski definition) is 2. The Morgan fingerprint density at radius 3 is 3.07 bits per heavy atom. The van der Waals surface area contributed by atoms with Crippen molar-refractivity contribution in [3.63, 3.8) is 0 Å². The van der Waals surface area contributed by atoms with Gasteiger partial charge in [0, 0.05) is 0 Å². The number of carboxylic acids is 1. The van der Waals surface area contributed by atoms with Crippen LogP contribution in [0.15, 0.2) is 18.2 Å². The van der Waals surface area contributed by atoms with Crippen molar-refractivity contribution in [3.8, 4) is 0 Å². The molecule has 1 unspecified atom stereocenters. The van der Waals surface area contributed by atoms with Gasteiger partial charge in [-0.15, -0.1) is 0 Å². The molecule has 1 heterocycles. The van der Waals surface area contributed by atoms with Crippen molar-refractivity contribution in [1.29, 1.82) is 0 Å². The zero-order chi connectivity index (χ0) is 10.8. The maximum Gasteiger partial charge on any atom is 0.320 e. The van der Waals surface area contributed by atoms with E-state index in [-0.39, 0.29) is 0 Å². The van der Waals surface area contributed by atoms with E-state index in [0.29, 0.717) is 19.6 Å². The van der Waals surface area contributed by atoms with Crippen LogP contribution in [0.3, 0.4) is 0 Å². The Morgan fingerprint density at radius 2 is 2.33 bits per heavy atom. The third-order valence-electron chi connectivity index (χ3n) is 2.63. The van der Waals surface area contributed by atoms with Gasteiger partial charge >= 0.3 is 5.97 Å². The zero-order valence-electron chi connectivity index (χ0n) is 8.27. The van der Waals surface area contributed by atoms with E-state index in [1.165, 1.54) is 0 Å². The fraction of sp³-hybridized carbons (Fsp3) is 0.364. The van der Waals surface area contributed by atoms with E-state index in [0.717, 1.165) is 16.7 Å².